The van der Waals surface area contributed by atoms with Gasteiger partial charge in [0, 0.05) is 40.3 Å². The Kier molecular flexibility index (Phi) is 8.29. The van der Waals surface area contributed by atoms with E-state index in [1.807, 2.05) is 13.8 Å². The van der Waals surface area contributed by atoms with Crippen LogP contribution < -0.4 is 5.32 Å². The van der Waals surface area contributed by atoms with Gasteiger partial charge < -0.3 is 25.3 Å². The molecule has 0 aromatic rings. The van der Waals surface area contributed by atoms with Crippen molar-refractivity contribution in [1.29, 1.82) is 0 Å². The van der Waals surface area contributed by atoms with Gasteiger partial charge in [-0.05, 0) is 0 Å². The average molecular weight is 275 g/mol. The largest absolute Gasteiger partial charge is 0.380 e. The normalized spacial score (nSPS) is 17.9. The molecule has 1 aliphatic rings. The van der Waals surface area contributed by atoms with Crippen LogP contribution in [0, 0.1) is 0 Å². The van der Waals surface area contributed by atoms with Crippen LogP contribution in [0.4, 0.5) is 0 Å². The van der Waals surface area contributed by atoms with Crippen molar-refractivity contribution in [3.63, 3.8) is 0 Å². The molecule has 1 heterocycles. The van der Waals surface area contributed by atoms with Gasteiger partial charge in [-0.25, -0.2) is 0 Å². The van der Waals surface area contributed by atoms with E-state index in [1.54, 1.807) is 0 Å². The Morgan fingerprint density at radius 1 is 1.11 bits per heavy atom. The molecule has 1 fully saturated rings. The topological polar surface area (TPSA) is 93.1 Å². The summed E-state index contributed by atoms with van der Waals surface area (Å²) in [7, 11) is 2.90. The number of hydrogen-bond acceptors (Lipinski definition) is 5. The maximum absolute atomic E-state index is 11.8. The van der Waals surface area contributed by atoms with Crippen LogP contribution in [0.2, 0.25) is 0 Å². The Morgan fingerprint density at radius 3 is 2.00 bits per heavy atom. The van der Waals surface area contributed by atoms with Crippen LogP contribution >= 0.6 is 0 Å². The van der Waals surface area contributed by atoms with Gasteiger partial charge >= 0.3 is 0 Å². The minimum absolute atomic E-state index is 0.471. The summed E-state index contributed by atoms with van der Waals surface area (Å²) in [4.78, 5) is 25.8. The molecule has 7 heteroatoms. The molecule has 7 nitrogen and oxygen atoms in total. The molecule has 112 valence electrons. The summed E-state index contributed by atoms with van der Waals surface area (Å²) in [6.07, 6.45) is -3.39. The molecule has 1 aliphatic heterocycles. The molecule has 0 radical (unpaired) electrons. The lowest BCUT2D eigenvalue weighted by molar-refractivity contribution is -0.157. The van der Waals surface area contributed by atoms with Crippen molar-refractivity contribution in [3.05, 3.63) is 0 Å². The van der Waals surface area contributed by atoms with Crippen LogP contribution in [-0.4, -0.2) is 84.3 Å². The van der Waals surface area contributed by atoms with Gasteiger partial charge in [-0.2, -0.15) is 0 Å². The SMILES string of the molecule is CC.CN(C)C(=O)C(O)C(O)C(=O)N1CCNCC1. The third-order valence-corrected chi connectivity index (χ3v) is 2.67. The standard InChI is InChI=1S/C10H19N3O4.C2H6/c1-12(2)9(16)7(14)8(15)10(17)13-5-3-11-4-6-13;1-2/h7-8,11,14-15H,3-6H2,1-2H3;1-2H3. The number of nitrogens with one attached hydrogen (secondary N) is 1. The predicted molar refractivity (Wildman–Crippen MR) is 71.5 cm³/mol. The molecule has 19 heavy (non-hydrogen) atoms. The fourth-order valence-corrected chi connectivity index (χ4v) is 1.61. The Bertz CT molecular complexity index is 291. The highest BCUT2D eigenvalue weighted by molar-refractivity contribution is 5.90. The number of aliphatic hydroxyl groups is 2. The second kappa shape index (κ2) is 8.84. The van der Waals surface area contributed by atoms with E-state index in [4.69, 9.17) is 0 Å². The first-order valence-corrected chi connectivity index (χ1v) is 6.52. The van der Waals surface area contributed by atoms with E-state index in [0.29, 0.717) is 26.2 Å². The van der Waals surface area contributed by atoms with Gasteiger partial charge in [0.05, 0.1) is 0 Å². The molecule has 0 spiro atoms. The summed E-state index contributed by atoms with van der Waals surface area (Å²) < 4.78 is 0. The third-order valence-electron chi connectivity index (χ3n) is 2.67. The van der Waals surface area contributed by atoms with E-state index < -0.39 is 24.0 Å². The van der Waals surface area contributed by atoms with E-state index in [2.05, 4.69) is 5.32 Å². The molecule has 1 saturated heterocycles. The molecule has 0 aromatic heterocycles. The van der Waals surface area contributed by atoms with E-state index in [-0.39, 0.29) is 0 Å². The average Bonchev–Trinajstić information content (AvgIpc) is 2.47. The number of hydrogen-bond donors (Lipinski definition) is 3. The smallest absolute Gasteiger partial charge is 0.254 e. The minimum atomic E-state index is -1.70. The van der Waals surface area contributed by atoms with Gasteiger partial charge in [0.2, 0.25) is 0 Å². The zero-order chi connectivity index (χ0) is 15.0. The molecule has 0 aliphatic carbocycles. The number of carbonyl (C=O) groups is 2. The van der Waals surface area contributed by atoms with Gasteiger partial charge in [0.1, 0.15) is 0 Å². The highest BCUT2D eigenvalue weighted by Crippen LogP contribution is 2.04. The third kappa shape index (κ3) is 5.14. The number of rotatable bonds is 3. The quantitative estimate of drug-likeness (QED) is 0.568. The highest BCUT2D eigenvalue weighted by Gasteiger charge is 2.34. The number of carbonyl (C=O) groups excluding carboxylic acids is 2. The molecule has 2 unspecified atom stereocenters. The van der Waals surface area contributed by atoms with E-state index >= 15 is 0 Å². The molecular weight excluding hydrogens is 250 g/mol. The fraction of sp³-hybridized carbons (Fsp3) is 0.833. The Balaban J connectivity index is 0.00000154. The van der Waals surface area contributed by atoms with Gasteiger partial charge in [0.15, 0.2) is 12.2 Å². The molecular formula is C12H25N3O4. The fourth-order valence-electron chi connectivity index (χ4n) is 1.61. The lowest BCUT2D eigenvalue weighted by Gasteiger charge is -2.30. The van der Waals surface area contributed by atoms with E-state index in [1.165, 1.54) is 19.0 Å². The molecule has 2 amide bonds. The summed E-state index contributed by atoms with van der Waals surface area (Å²) in [6.45, 7) is 6.24. The van der Waals surface area contributed by atoms with E-state index in [9.17, 15) is 19.8 Å². The summed E-state index contributed by atoms with van der Waals surface area (Å²) >= 11 is 0. The summed E-state index contributed by atoms with van der Waals surface area (Å²) in [6, 6.07) is 0. The highest BCUT2D eigenvalue weighted by atomic mass is 16.3. The number of likely N-dealkylation sites (N-methyl/N-ethyl adjacent to an activating group) is 1. The maximum atomic E-state index is 11.8. The van der Waals surface area contributed by atoms with Crippen LogP contribution in [-0.2, 0) is 9.59 Å². The Morgan fingerprint density at radius 2 is 1.58 bits per heavy atom. The zero-order valence-corrected chi connectivity index (χ0v) is 12.1. The first kappa shape index (κ1) is 17.8. The summed E-state index contributed by atoms with van der Waals surface area (Å²) in [5.74, 6) is -1.28. The van der Waals surface area contributed by atoms with Crippen LogP contribution in [0.3, 0.4) is 0 Å². The van der Waals surface area contributed by atoms with Crippen molar-refractivity contribution in [2.24, 2.45) is 0 Å². The Hall–Kier alpha value is -1.18. The van der Waals surface area contributed by atoms with Gasteiger partial charge in [-0.1, -0.05) is 13.8 Å². The lowest BCUT2D eigenvalue weighted by atomic mass is 10.1. The molecule has 0 saturated carbocycles. The molecule has 2 atom stereocenters. The number of nitrogens with zero attached hydrogens (tertiary/aromatic N) is 2. The predicted octanol–water partition coefficient (Wildman–Crippen LogP) is -1.75. The molecule has 1 rings (SSSR count). The lowest BCUT2D eigenvalue weighted by Crippen LogP contribution is -2.54. The number of aliphatic hydroxyl groups excluding tert-OH is 2. The van der Waals surface area contributed by atoms with Gasteiger partial charge in [-0.15, -0.1) is 0 Å². The summed E-state index contributed by atoms with van der Waals surface area (Å²) in [5.41, 5.74) is 0. The van der Waals surface area contributed by atoms with E-state index in [0.717, 1.165) is 4.90 Å². The van der Waals surface area contributed by atoms with Crippen molar-refractivity contribution >= 4 is 11.8 Å². The summed E-state index contributed by atoms with van der Waals surface area (Å²) in [5, 5.41) is 22.3. The van der Waals surface area contributed by atoms with Crippen molar-refractivity contribution < 1.29 is 19.8 Å². The van der Waals surface area contributed by atoms with Crippen LogP contribution in [0.1, 0.15) is 13.8 Å². The molecule has 3 N–H and O–H groups in total. The first-order chi connectivity index (χ1) is 8.95. The van der Waals surface area contributed by atoms with Crippen LogP contribution in [0.5, 0.6) is 0 Å². The van der Waals surface area contributed by atoms with Crippen molar-refractivity contribution in [2.45, 2.75) is 26.1 Å². The Labute approximate surface area is 114 Å². The first-order valence-electron chi connectivity index (χ1n) is 6.52. The molecule has 0 aromatic carbocycles. The van der Waals surface area contributed by atoms with Crippen molar-refractivity contribution in [2.75, 3.05) is 40.3 Å². The second-order valence-electron chi connectivity index (χ2n) is 4.20. The minimum Gasteiger partial charge on any atom is -0.380 e. The van der Waals surface area contributed by atoms with Crippen LogP contribution in [0.15, 0.2) is 0 Å². The number of amides is 2. The second-order valence-corrected chi connectivity index (χ2v) is 4.20. The van der Waals surface area contributed by atoms with Crippen molar-refractivity contribution in [1.82, 2.24) is 15.1 Å². The van der Waals surface area contributed by atoms with Gasteiger partial charge in [0.25, 0.3) is 11.8 Å². The maximum Gasteiger partial charge on any atom is 0.254 e. The number of piperazine rings is 1. The van der Waals surface area contributed by atoms with Crippen LogP contribution in [0.25, 0.3) is 0 Å². The zero-order valence-electron chi connectivity index (χ0n) is 12.1. The monoisotopic (exact) mass is 275 g/mol. The molecule has 0 bridgehead atoms. The van der Waals surface area contributed by atoms with Crippen molar-refractivity contribution in [3.8, 4) is 0 Å². The van der Waals surface area contributed by atoms with Gasteiger partial charge in [-0.3, -0.25) is 9.59 Å².